The molecule has 1 aromatic carbocycles. The molecule has 120 valence electrons. The van der Waals surface area contributed by atoms with Gasteiger partial charge >= 0.3 is 5.97 Å². The van der Waals surface area contributed by atoms with E-state index in [0.29, 0.717) is 23.8 Å². The minimum Gasteiger partial charge on any atom is -0.462 e. The van der Waals surface area contributed by atoms with Gasteiger partial charge < -0.3 is 15.4 Å². The Morgan fingerprint density at radius 3 is 2.23 bits per heavy atom. The van der Waals surface area contributed by atoms with Gasteiger partial charge in [0.1, 0.15) is 0 Å². The molecule has 1 aromatic rings. The van der Waals surface area contributed by atoms with Crippen LogP contribution in [0.1, 0.15) is 38.1 Å². The van der Waals surface area contributed by atoms with Crippen molar-refractivity contribution in [1.82, 2.24) is 5.32 Å². The first-order chi connectivity index (χ1) is 10.3. The van der Waals surface area contributed by atoms with E-state index in [0.717, 1.165) is 0 Å². The summed E-state index contributed by atoms with van der Waals surface area (Å²) in [5, 5.41) is 5.71. The summed E-state index contributed by atoms with van der Waals surface area (Å²) in [4.78, 5) is 23.3. The van der Waals surface area contributed by atoms with Gasteiger partial charge in [-0.25, -0.2) is 4.79 Å². The maximum absolute atomic E-state index is 11.8. The second kappa shape index (κ2) is 8.48. The number of rotatable bonds is 5. The number of ether oxygens (including phenoxy) is 1. The van der Waals surface area contributed by atoms with Crippen molar-refractivity contribution in [3.8, 4) is 0 Å². The Morgan fingerprint density at radius 1 is 1.14 bits per heavy atom. The van der Waals surface area contributed by atoms with Crippen LogP contribution in [-0.2, 0) is 9.53 Å². The van der Waals surface area contributed by atoms with Crippen LogP contribution in [0.4, 0.5) is 5.69 Å². The number of thiocarbonyl (C=S) groups is 1. The Morgan fingerprint density at radius 2 is 1.73 bits per heavy atom. The molecule has 1 amide bonds. The standard InChI is InChI=1S/C16H22N2O3S/c1-10(2)9-21-15(20)12-5-7-13(8-6-12)17-16(22)18-14(19)11(3)4/h5-8,10-11H,9H2,1-4H3,(H2,17,18,19,22). The summed E-state index contributed by atoms with van der Waals surface area (Å²) >= 11 is 5.05. The third-order valence-corrected chi connectivity index (χ3v) is 2.89. The number of nitrogens with one attached hydrogen (secondary N) is 2. The lowest BCUT2D eigenvalue weighted by Crippen LogP contribution is -2.36. The van der Waals surface area contributed by atoms with Gasteiger partial charge in [0.2, 0.25) is 5.91 Å². The van der Waals surface area contributed by atoms with Gasteiger partial charge in [-0.05, 0) is 42.4 Å². The van der Waals surface area contributed by atoms with Crippen LogP contribution in [0.25, 0.3) is 0 Å². The highest BCUT2D eigenvalue weighted by Crippen LogP contribution is 2.11. The molecule has 0 heterocycles. The largest absolute Gasteiger partial charge is 0.462 e. The zero-order valence-corrected chi connectivity index (χ0v) is 14.1. The number of hydrogen-bond donors (Lipinski definition) is 2. The van der Waals surface area contributed by atoms with E-state index in [1.807, 2.05) is 13.8 Å². The molecule has 0 aliphatic heterocycles. The maximum atomic E-state index is 11.8. The molecule has 22 heavy (non-hydrogen) atoms. The summed E-state index contributed by atoms with van der Waals surface area (Å²) in [6.45, 7) is 7.93. The summed E-state index contributed by atoms with van der Waals surface area (Å²) < 4.78 is 5.15. The quantitative estimate of drug-likeness (QED) is 0.644. The third-order valence-electron chi connectivity index (χ3n) is 2.69. The average molecular weight is 322 g/mol. The van der Waals surface area contributed by atoms with E-state index in [9.17, 15) is 9.59 Å². The van der Waals surface area contributed by atoms with E-state index < -0.39 is 0 Å². The SMILES string of the molecule is CC(C)COC(=O)c1ccc(NC(=S)NC(=O)C(C)C)cc1. The van der Waals surface area contributed by atoms with E-state index in [1.165, 1.54) is 0 Å². The molecule has 0 spiro atoms. The Hall–Kier alpha value is -1.95. The smallest absolute Gasteiger partial charge is 0.338 e. The molecule has 0 atom stereocenters. The number of carbonyl (C=O) groups is 2. The first-order valence-electron chi connectivity index (χ1n) is 7.18. The van der Waals surface area contributed by atoms with E-state index in [-0.39, 0.29) is 22.9 Å². The van der Waals surface area contributed by atoms with Crippen LogP contribution >= 0.6 is 12.2 Å². The summed E-state index contributed by atoms with van der Waals surface area (Å²) in [5.41, 5.74) is 1.16. The maximum Gasteiger partial charge on any atom is 0.338 e. The molecule has 0 radical (unpaired) electrons. The van der Waals surface area contributed by atoms with Crippen molar-refractivity contribution in [2.24, 2.45) is 11.8 Å². The zero-order chi connectivity index (χ0) is 16.7. The van der Waals surface area contributed by atoms with E-state index in [1.54, 1.807) is 38.1 Å². The van der Waals surface area contributed by atoms with Gasteiger partial charge in [-0.2, -0.15) is 0 Å². The van der Waals surface area contributed by atoms with Gasteiger partial charge in [-0.15, -0.1) is 0 Å². The highest BCUT2D eigenvalue weighted by atomic mass is 32.1. The van der Waals surface area contributed by atoms with Crippen molar-refractivity contribution in [3.63, 3.8) is 0 Å². The summed E-state index contributed by atoms with van der Waals surface area (Å²) in [6, 6.07) is 6.72. The monoisotopic (exact) mass is 322 g/mol. The number of anilines is 1. The Balaban J connectivity index is 2.56. The van der Waals surface area contributed by atoms with Crippen LogP contribution in [0.5, 0.6) is 0 Å². The molecule has 2 N–H and O–H groups in total. The van der Waals surface area contributed by atoms with Crippen LogP contribution in [0.15, 0.2) is 24.3 Å². The van der Waals surface area contributed by atoms with Crippen molar-refractivity contribution in [2.75, 3.05) is 11.9 Å². The Kier molecular flexibility index (Phi) is 6.98. The van der Waals surface area contributed by atoms with E-state index in [2.05, 4.69) is 10.6 Å². The second-order valence-corrected chi connectivity index (χ2v) is 6.08. The Bertz CT molecular complexity index is 539. The van der Waals surface area contributed by atoms with Crippen LogP contribution in [0.2, 0.25) is 0 Å². The normalized spacial score (nSPS) is 10.5. The van der Waals surface area contributed by atoms with Gasteiger partial charge in [0.15, 0.2) is 5.11 Å². The predicted octanol–water partition coefficient (Wildman–Crippen LogP) is 2.97. The van der Waals surface area contributed by atoms with Crippen LogP contribution in [0.3, 0.4) is 0 Å². The number of benzene rings is 1. The summed E-state index contributed by atoms with van der Waals surface area (Å²) in [6.07, 6.45) is 0. The molecule has 0 aliphatic rings. The van der Waals surface area contributed by atoms with Crippen molar-refractivity contribution in [2.45, 2.75) is 27.7 Å². The van der Waals surface area contributed by atoms with Crippen molar-refractivity contribution in [3.05, 3.63) is 29.8 Å². The highest BCUT2D eigenvalue weighted by Gasteiger charge is 2.10. The van der Waals surface area contributed by atoms with Gasteiger partial charge in [-0.3, -0.25) is 4.79 Å². The third kappa shape index (κ3) is 6.22. The fraction of sp³-hybridized carbons (Fsp3) is 0.438. The van der Waals surface area contributed by atoms with Gasteiger partial charge in [0.25, 0.3) is 0 Å². The number of amides is 1. The molecule has 0 saturated carbocycles. The van der Waals surface area contributed by atoms with Gasteiger partial charge in [0, 0.05) is 11.6 Å². The lowest BCUT2D eigenvalue weighted by Gasteiger charge is -2.11. The predicted molar refractivity (Wildman–Crippen MR) is 90.8 cm³/mol. The highest BCUT2D eigenvalue weighted by molar-refractivity contribution is 7.80. The zero-order valence-electron chi connectivity index (χ0n) is 13.3. The van der Waals surface area contributed by atoms with Gasteiger partial charge in [-0.1, -0.05) is 27.7 Å². The van der Waals surface area contributed by atoms with Crippen LogP contribution < -0.4 is 10.6 Å². The molecular weight excluding hydrogens is 300 g/mol. The average Bonchev–Trinajstić information content (AvgIpc) is 2.45. The van der Waals surface area contributed by atoms with Crippen LogP contribution in [-0.4, -0.2) is 23.6 Å². The van der Waals surface area contributed by atoms with Crippen molar-refractivity contribution >= 4 is 34.9 Å². The molecule has 0 aliphatic carbocycles. The molecule has 5 nitrogen and oxygen atoms in total. The topological polar surface area (TPSA) is 67.4 Å². The molecule has 0 bridgehead atoms. The number of carbonyl (C=O) groups excluding carboxylic acids is 2. The summed E-state index contributed by atoms with van der Waals surface area (Å²) in [7, 11) is 0. The van der Waals surface area contributed by atoms with E-state index in [4.69, 9.17) is 17.0 Å². The minimum absolute atomic E-state index is 0.141. The van der Waals surface area contributed by atoms with Crippen molar-refractivity contribution in [1.29, 1.82) is 0 Å². The lowest BCUT2D eigenvalue weighted by atomic mass is 10.2. The molecule has 0 aromatic heterocycles. The molecule has 1 rings (SSSR count). The fourth-order valence-electron chi connectivity index (χ4n) is 1.43. The first-order valence-corrected chi connectivity index (χ1v) is 7.59. The lowest BCUT2D eigenvalue weighted by molar-refractivity contribution is -0.122. The van der Waals surface area contributed by atoms with E-state index >= 15 is 0 Å². The molecule has 6 heteroatoms. The fourth-order valence-corrected chi connectivity index (χ4v) is 1.65. The minimum atomic E-state index is -0.351. The molecule has 0 saturated heterocycles. The molecular formula is C16H22N2O3S. The number of esters is 1. The Labute approximate surface area is 136 Å². The van der Waals surface area contributed by atoms with Gasteiger partial charge in [0.05, 0.1) is 12.2 Å². The molecule has 0 unspecified atom stereocenters. The van der Waals surface area contributed by atoms with Crippen LogP contribution in [0, 0.1) is 11.8 Å². The summed E-state index contributed by atoms with van der Waals surface area (Å²) in [5.74, 6) is -0.341. The van der Waals surface area contributed by atoms with Crippen molar-refractivity contribution < 1.29 is 14.3 Å². The molecule has 0 fully saturated rings. The second-order valence-electron chi connectivity index (χ2n) is 5.67. The number of hydrogen-bond acceptors (Lipinski definition) is 4. The first kappa shape index (κ1) is 18.1.